The van der Waals surface area contributed by atoms with Crippen LogP contribution in [-0.2, 0) is 6.54 Å². The van der Waals surface area contributed by atoms with Gasteiger partial charge in [-0.3, -0.25) is 0 Å². The van der Waals surface area contributed by atoms with Crippen LogP contribution in [0.25, 0.3) is 0 Å². The van der Waals surface area contributed by atoms with Gasteiger partial charge in [-0.2, -0.15) is 0 Å². The third kappa shape index (κ3) is 2.52. The number of hydrogen-bond acceptors (Lipinski definition) is 4. The van der Waals surface area contributed by atoms with Crippen molar-refractivity contribution in [3.63, 3.8) is 0 Å². The molecule has 4 heteroatoms. The average Bonchev–Trinajstić information content (AvgIpc) is 2.65. The highest BCUT2D eigenvalue weighted by Crippen LogP contribution is 2.24. The van der Waals surface area contributed by atoms with Gasteiger partial charge >= 0.3 is 0 Å². The molecule has 0 aliphatic heterocycles. The molecule has 1 aromatic heterocycles. The second kappa shape index (κ2) is 4.53. The lowest BCUT2D eigenvalue weighted by Gasteiger charge is -2.15. The summed E-state index contributed by atoms with van der Waals surface area (Å²) in [4.78, 5) is 6.36. The molecule has 3 nitrogen and oxygen atoms in total. The number of nitrogens with two attached hydrogens (primary N) is 1. The third-order valence-corrected chi connectivity index (χ3v) is 3.28. The zero-order valence-electron chi connectivity index (χ0n) is 9.47. The molecular weight excluding hydrogens is 218 g/mol. The van der Waals surface area contributed by atoms with E-state index in [9.17, 15) is 0 Å². The SMILES string of the molecule is Cc1cccc(CN(C)c2ncc(N)s2)c1. The minimum Gasteiger partial charge on any atom is -0.389 e. The van der Waals surface area contributed by atoms with Crippen LogP contribution in [0.2, 0.25) is 0 Å². The van der Waals surface area contributed by atoms with Crippen molar-refractivity contribution in [2.75, 3.05) is 17.7 Å². The van der Waals surface area contributed by atoms with Gasteiger partial charge in [-0.25, -0.2) is 4.98 Å². The fraction of sp³-hybridized carbons (Fsp3) is 0.250. The summed E-state index contributed by atoms with van der Waals surface area (Å²) < 4.78 is 0. The van der Waals surface area contributed by atoms with Crippen LogP contribution in [0.3, 0.4) is 0 Å². The first-order valence-electron chi connectivity index (χ1n) is 5.13. The lowest BCUT2D eigenvalue weighted by Crippen LogP contribution is -2.15. The molecule has 0 radical (unpaired) electrons. The van der Waals surface area contributed by atoms with E-state index in [1.54, 1.807) is 6.20 Å². The lowest BCUT2D eigenvalue weighted by molar-refractivity contribution is 0.913. The summed E-state index contributed by atoms with van der Waals surface area (Å²) in [6.07, 6.45) is 1.70. The number of nitrogen functional groups attached to an aromatic ring is 1. The summed E-state index contributed by atoms with van der Waals surface area (Å²) >= 11 is 1.51. The first-order chi connectivity index (χ1) is 7.65. The molecule has 0 aliphatic carbocycles. The zero-order chi connectivity index (χ0) is 11.5. The number of rotatable bonds is 3. The molecule has 0 fully saturated rings. The maximum atomic E-state index is 5.66. The van der Waals surface area contributed by atoms with Crippen LogP contribution in [0.4, 0.5) is 10.1 Å². The van der Waals surface area contributed by atoms with E-state index >= 15 is 0 Å². The van der Waals surface area contributed by atoms with Gasteiger partial charge < -0.3 is 10.6 Å². The van der Waals surface area contributed by atoms with Crippen molar-refractivity contribution in [3.05, 3.63) is 41.6 Å². The molecule has 1 heterocycles. The second-order valence-electron chi connectivity index (χ2n) is 3.89. The molecule has 0 bridgehead atoms. The smallest absolute Gasteiger partial charge is 0.187 e. The first kappa shape index (κ1) is 11.0. The van der Waals surface area contributed by atoms with Crippen LogP contribution in [-0.4, -0.2) is 12.0 Å². The largest absolute Gasteiger partial charge is 0.389 e. The number of benzene rings is 1. The van der Waals surface area contributed by atoms with Crippen molar-refractivity contribution in [1.82, 2.24) is 4.98 Å². The molecule has 2 aromatic rings. The summed E-state index contributed by atoms with van der Waals surface area (Å²) in [6, 6.07) is 8.49. The van der Waals surface area contributed by atoms with Crippen molar-refractivity contribution < 1.29 is 0 Å². The fourth-order valence-corrected chi connectivity index (χ4v) is 2.25. The molecule has 0 amide bonds. The van der Waals surface area contributed by atoms with Crippen molar-refractivity contribution >= 4 is 21.5 Å². The molecule has 0 atom stereocenters. The van der Waals surface area contributed by atoms with Crippen LogP contribution in [0, 0.1) is 6.92 Å². The zero-order valence-corrected chi connectivity index (χ0v) is 10.3. The summed E-state index contributed by atoms with van der Waals surface area (Å²) in [6.45, 7) is 2.96. The molecule has 2 rings (SSSR count). The Bertz CT molecular complexity index is 479. The molecule has 0 saturated heterocycles. The Morgan fingerprint density at radius 2 is 2.25 bits per heavy atom. The normalized spacial score (nSPS) is 10.4. The van der Waals surface area contributed by atoms with E-state index in [0.29, 0.717) is 0 Å². The minimum absolute atomic E-state index is 0.756. The van der Waals surface area contributed by atoms with Crippen molar-refractivity contribution in [1.29, 1.82) is 0 Å². The number of anilines is 2. The Morgan fingerprint density at radius 1 is 1.44 bits per heavy atom. The van der Waals surface area contributed by atoms with E-state index in [-0.39, 0.29) is 0 Å². The van der Waals surface area contributed by atoms with Crippen LogP contribution >= 0.6 is 11.3 Å². The Balaban J connectivity index is 2.10. The predicted octanol–water partition coefficient (Wildman–Crippen LogP) is 2.67. The van der Waals surface area contributed by atoms with E-state index in [1.807, 2.05) is 7.05 Å². The van der Waals surface area contributed by atoms with E-state index < -0.39 is 0 Å². The van der Waals surface area contributed by atoms with Crippen LogP contribution in [0.15, 0.2) is 30.5 Å². The van der Waals surface area contributed by atoms with E-state index in [1.165, 1.54) is 22.5 Å². The quantitative estimate of drug-likeness (QED) is 0.886. The molecule has 84 valence electrons. The highest BCUT2D eigenvalue weighted by Gasteiger charge is 2.06. The van der Waals surface area contributed by atoms with Gasteiger partial charge in [0.05, 0.1) is 6.20 Å². The Morgan fingerprint density at radius 3 is 2.88 bits per heavy atom. The average molecular weight is 233 g/mol. The van der Waals surface area contributed by atoms with E-state index in [4.69, 9.17) is 5.73 Å². The van der Waals surface area contributed by atoms with E-state index in [2.05, 4.69) is 41.1 Å². The number of thiazole rings is 1. The fourth-order valence-electron chi connectivity index (χ4n) is 1.61. The van der Waals surface area contributed by atoms with E-state index in [0.717, 1.165) is 16.7 Å². The minimum atomic E-state index is 0.756. The molecule has 1 aromatic carbocycles. The summed E-state index contributed by atoms with van der Waals surface area (Å²) in [5.74, 6) is 0. The number of hydrogen-bond donors (Lipinski definition) is 1. The predicted molar refractivity (Wildman–Crippen MR) is 69.8 cm³/mol. The number of aryl methyl sites for hydroxylation is 1. The summed E-state index contributed by atoms with van der Waals surface area (Å²) in [7, 11) is 2.03. The lowest BCUT2D eigenvalue weighted by atomic mass is 10.1. The first-order valence-corrected chi connectivity index (χ1v) is 5.95. The standard InChI is InChI=1S/C12H15N3S/c1-9-4-3-5-10(6-9)8-15(2)12-14-7-11(13)16-12/h3-7H,8,13H2,1-2H3. The molecule has 0 aliphatic rings. The molecule has 0 unspecified atom stereocenters. The highest BCUT2D eigenvalue weighted by atomic mass is 32.1. The molecule has 0 spiro atoms. The molecular formula is C12H15N3S. The summed E-state index contributed by atoms with van der Waals surface area (Å²) in [5, 5.41) is 1.71. The third-order valence-electron chi connectivity index (χ3n) is 2.34. The van der Waals surface area contributed by atoms with Gasteiger partial charge in [0.1, 0.15) is 5.00 Å². The number of aromatic nitrogens is 1. The van der Waals surface area contributed by atoms with Gasteiger partial charge in [0.2, 0.25) is 0 Å². The highest BCUT2D eigenvalue weighted by molar-refractivity contribution is 7.19. The van der Waals surface area contributed by atoms with Gasteiger partial charge in [-0.05, 0) is 12.5 Å². The van der Waals surface area contributed by atoms with Gasteiger partial charge in [0, 0.05) is 13.6 Å². The van der Waals surface area contributed by atoms with Crippen LogP contribution in [0.1, 0.15) is 11.1 Å². The summed E-state index contributed by atoms with van der Waals surface area (Å²) in [5.41, 5.74) is 8.23. The topological polar surface area (TPSA) is 42.2 Å². The van der Waals surface area contributed by atoms with Gasteiger partial charge in [0.25, 0.3) is 0 Å². The molecule has 2 N–H and O–H groups in total. The van der Waals surface area contributed by atoms with Crippen molar-refractivity contribution in [3.8, 4) is 0 Å². The maximum absolute atomic E-state index is 5.66. The molecule has 0 saturated carbocycles. The maximum Gasteiger partial charge on any atom is 0.187 e. The van der Waals surface area contributed by atoms with Crippen LogP contribution in [0.5, 0.6) is 0 Å². The van der Waals surface area contributed by atoms with Crippen molar-refractivity contribution in [2.45, 2.75) is 13.5 Å². The Kier molecular flexibility index (Phi) is 3.10. The Hall–Kier alpha value is -1.55. The monoisotopic (exact) mass is 233 g/mol. The van der Waals surface area contributed by atoms with Gasteiger partial charge in [-0.15, -0.1) is 0 Å². The van der Waals surface area contributed by atoms with Crippen molar-refractivity contribution in [2.24, 2.45) is 0 Å². The molecule has 16 heavy (non-hydrogen) atoms. The van der Waals surface area contributed by atoms with Gasteiger partial charge in [0.15, 0.2) is 5.13 Å². The number of nitrogens with zero attached hydrogens (tertiary/aromatic N) is 2. The Labute approximate surface area is 99.5 Å². The second-order valence-corrected chi connectivity index (χ2v) is 4.93. The van der Waals surface area contributed by atoms with Crippen LogP contribution < -0.4 is 10.6 Å². The van der Waals surface area contributed by atoms with Gasteiger partial charge in [-0.1, -0.05) is 41.2 Å².